The number of carboxylic acids is 1. The van der Waals surface area contributed by atoms with Crippen molar-refractivity contribution in [2.45, 2.75) is 69.4 Å². The van der Waals surface area contributed by atoms with Crippen LogP contribution in [0.25, 0.3) is 0 Å². The molecule has 0 bridgehead atoms. The van der Waals surface area contributed by atoms with Crippen molar-refractivity contribution in [1.29, 1.82) is 0 Å². The molecule has 0 aromatic heterocycles. The van der Waals surface area contributed by atoms with E-state index >= 15 is 0 Å². The van der Waals surface area contributed by atoms with Crippen molar-refractivity contribution in [1.82, 2.24) is 0 Å². The van der Waals surface area contributed by atoms with Gasteiger partial charge in [-0.2, -0.15) is 0 Å². The Bertz CT molecular complexity index is 465. The molecule has 0 radical (unpaired) electrons. The molecule has 3 heterocycles. The molecule has 5 atom stereocenters. The van der Waals surface area contributed by atoms with E-state index in [-0.39, 0.29) is 6.61 Å². The van der Waals surface area contributed by atoms with Gasteiger partial charge in [0.05, 0.1) is 6.61 Å². The normalized spacial score (nSPS) is 47.5. The number of nitrogens with two attached hydrogens (primary N) is 1. The summed E-state index contributed by atoms with van der Waals surface area (Å²) < 4.78 is 28.1. The van der Waals surface area contributed by atoms with Crippen LogP contribution in [0.2, 0.25) is 0 Å². The second-order valence-corrected chi connectivity index (χ2v) is 6.59. The molecule has 0 aromatic carbocycles. The van der Waals surface area contributed by atoms with Gasteiger partial charge < -0.3 is 34.5 Å². The van der Waals surface area contributed by atoms with E-state index in [1.165, 1.54) is 0 Å². The number of hydrogen-bond acceptors (Lipinski definition) is 7. The van der Waals surface area contributed by atoms with Crippen LogP contribution in [0, 0.1) is 0 Å². The van der Waals surface area contributed by atoms with Crippen LogP contribution in [0.5, 0.6) is 0 Å². The fourth-order valence-corrected chi connectivity index (χ4v) is 3.07. The summed E-state index contributed by atoms with van der Waals surface area (Å²) in [6.07, 6.45) is -3.24. The van der Waals surface area contributed by atoms with Crippen LogP contribution in [-0.4, -0.2) is 59.4 Å². The summed E-state index contributed by atoms with van der Waals surface area (Å²) in [4.78, 5) is 11.8. The van der Waals surface area contributed by atoms with Gasteiger partial charge in [0.15, 0.2) is 23.4 Å². The van der Waals surface area contributed by atoms with E-state index in [2.05, 4.69) is 0 Å². The lowest BCUT2D eigenvalue weighted by Gasteiger charge is -2.33. The average Bonchev–Trinajstić information content (AvgIpc) is 2.91. The molecule has 0 aromatic rings. The van der Waals surface area contributed by atoms with Crippen molar-refractivity contribution < 1.29 is 33.6 Å². The maximum Gasteiger partial charge on any atom is 0.329 e. The average molecular weight is 303 g/mol. The van der Waals surface area contributed by atoms with Gasteiger partial charge in [-0.1, -0.05) is 0 Å². The van der Waals surface area contributed by atoms with E-state index in [1.807, 2.05) is 0 Å². The summed E-state index contributed by atoms with van der Waals surface area (Å²) in [5.74, 6) is -2.95. The van der Waals surface area contributed by atoms with Crippen molar-refractivity contribution in [2.75, 3.05) is 6.61 Å². The van der Waals surface area contributed by atoms with E-state index in [1.54, 1.807) is 27.7 Å². The Hall–Kier alpha value is -0.770. The minimum atomic E-state index is -1.76. The van der Waals surface area contributed by atoms with Crippen molar-refractivity contribution in [3.63, 3.8) is 0 Å². The molecule has 0 aliphatic carbocycles. The topological polar surface area (TPSA) is 109 Å². The van der Waals surface area contributed by atoms with Crippen LogP contribution in [0.4, 0.5) is 0 Å². The monoisotopic (exact) mass is 303 g/mol. The Morgan fingerprint density at radius 1 is 1.10 bits per heavy atom. The van der Waals surface area contributed by atoms with E-state index in [0.717, 1.165) is 0 Å². The van der Waals surface area contributed by atoms with Gasteiger partial charge in [0.1, 0.15) is 18.3 Å². The molecule has 3 rings (SSSR count). The quantitative estimate of drug-likeness (QED) is 0.721. The fraction of sp³-hybridized carbons (Fsp3) is 0.923. The molecule has 3 fully saturated rings. The minimum Gasteiger partial charge on any atom is -0.480 e. The molecule has 8 nitrogen and oxygen atoms in total. The molecule has 21 heavy (non-hydrogen) atoms. The molecule has 0 amide bonds. The second kappa shape index (κ2) is 4.37. The molecular weight excluding hydrogens is 282 g/mol. The highest BCUT2D eigenvalue weighted by Gasteiger charge is 2.68. The predicted octanol–water partition coefficient (Wildman–Crippen LogP) is -0.204. The third kappa shape index (κ3) is 2.26. The van der Waals surface area contributed by atoms with E-state index in [4.69, 9.17) is 29.4 Å². The lowest BCUT2D eigenvalue weighted by molar-refractivity contribution is -0.230. The zero-order chi connectivity index (χ0) is 15.6. The van der Waals surface area contributed by atoms with Gasteiger partial charge in [-0.3, -0.25) is 4.79 Å². The lowest BCUT2D eigenvalue weighted by atomic mass is 9.86. The molecule has 3 aliphatic rings. The van der Waals surface area contributed by atoms with Crippen LogP contribution >= 0.6 is 0 Å². The molecule has 0 spiro atoms. The number of rotatable bonds is 2. The lowest BCUT2D eigenvalue weighted by Crippen LogP contribution is -2.65. The number of carboxylic acid groups (broad SMARTS) is 1. The first kappa shape index (κ1) is 15.1. The number of fused-ring (bicyclic) bond motifs is 1. The Morgan fingerprint density at radius 2 is 1.76 bits per heavy atom. The fourth-order valence-electron chi connectivity index (χ4n) is 3.07. The van der Waals surface area contributed by atoms with Crippen LogP contribution in [0.15, 0.2) is 0 Å². The largest absolute Gasteiger partial charge is 0.480 e. The molecule has 8 heteroatoms. The molecule has 120 valence electrons. The van der Waals surface area contributed by atoms with Crippen molar-refractivity contribution >= 4 is 5.97 Å². The number of hydrogen-bond donors (Lipinski definition) is 2. The Balaban J connectivity index is 1.88. The zero-order valence-electron chi connectivity index (χ0n) is 12.5. The van der Waals surface area contributed by atoms with Gasteiger partial charge >= 0.3 is 5.97 Å². The minimum absolute atomic E-state index is 0.201. The summed E-state index contributed by atoms with van der Waals surface area (Å²) >= 11 is 0. The first-order chi connectivity index (χ1) is 9.55. The first-order valence-corrected chi connectivity index (χ1v) is 6.90. The SMILES string of the molecule is CC1(C)OC[C@H]([C@H]2O[C@@H]3OC(C)(C)O[C@@H]3[C@@]2(N)C(=O)O)O1. The van der Waals surface area contributed by atoms with E-state index in [9.17, 15) is 9.90 Å². The van der Waals surface area contributed by atoms with Gasteiger partial charge in [0, 0.05) is 0 Å². The van der Waals surface area contributed by atoms with Crippen LogP contribution in [0.3, 0.4) is 0 Å². The second-order valence-electron chi connectivity index (χ2n) is 6.59. The van der Waals surface area contributed by atoms with Gasteiger partial charge in [-0.25, -0.2) is 0 Å². The Labute approximate surface area is 122 Å². The van der Waals surface area contributed by atoms with Crippen molar-refractivity contribution in [2.24, 2.45) is 5.73 Å². The van der Waals surface area contributed by atoms with E-state index in [0.29, 0.717) is 0 Å². The van der Waals surface area contributed by atoms with Gasteiger partial charge in [-0.05, 0) is 27.7 Å². The molecule has 0 saturated carbocycles. The maximum atomic E-state index is 11.8. The van der Waals surface area contributed by atoms with Crippen molar-refractivity contribution in [3.8, 4) is 0 Å². The van der Waals surface area contributed by atoms with Gasteiger partial charge in [-0.15, -0.1) is 0 Å². The van der Waals surface area contributed by atoms with Crippen LogP contribution in [0.1, 0.15) is 27.7 Å². The summed E-state index contributed by atoms with van der Waals surface area (Å²) in [7, 11) is 0. The third-order valence-electron chi connectivity index (χ3n) is 4.02. The summed E-state index contributed by atoms with van der Waals surface area (Å²) in [5, 5.41) is 9.61. The van der Waals surface area contributed by atoms with Gasteiger partial charge in [0.25, 0.3) is 0 Å². The molecule has 3 aliphatic heterocycles. The van der Waals surface area contributed by atoms with Gasteiger partial charge in [0.2, 0.25) is 0 Å². The molecule has 0 unspecified atom stereocenters. The molecule has 3 N–H and O–H groups in total. The van der Waals surface area contributed by atoms with Crippen LogP contribution < -0.4 is 5.73 Å². The standard InChI is InChI=1S/C13H21NO7/c1-11(2)17-5-6(19-11)7-13(14,10(15)16)8-9(18-7)21-12(3,4)20-8/h6-9H,5,14H2,1-4H3,(H,15,16)/t6-,7-,8+,9-,13-/m1/s1. The van der Waals surface area contributed by atoms with Crippen LogP contribution in [-0.2, 0) is 28.5 Å². The number of carbonyl (C=O) groups is 1. The molecule has 3 saturated heterocycles. The smallest absolute Gasteiger partial charge is 0.329 e. The Morgan fingerprint density at radius 3 is 2.29 bits per heavy atom. The first-order valence-electron chi connectivity index (χ1n) is 6.90. The van der Waals surface area contributed by atoms with E-state index < -0.39 is 47.7 Å². The zero-order valence-corrected chi connectivity index (χ0v) is 12.5. The predicted molar refractivity (Wildman–Crippen MR) is 68.2 cm³/mol. The summed E-state index contributed by atoms with van der Waals surface area (Å²) in [6.45, 7) is 7.07. The third-order valence-corrected chi connectivity index (χ3v) is 4.02. The Kier molecular flexibility index (Phi) is 3.15. The number of ether oxygens (including phenoxy) is 5. The van der Waals surface area contributed by atoms with Crippen molar-refractivity contribution in [3.05, 3.63) is 0 Å². The molecular formula is C13H21NO7. The highest BCUT2D eigenvalue weighted by molar-refractivity contribution is 5.81. The highest BCUT2D eigenvalue weighted by atomic mass is 16.8. The maximum absolute atomic E-state index is 11.8. The summed E-state index contributed by atoms with van der Waals surface area (Å²) in [6, 6.07) is 0. The highest BCUT2D eigenvalue weighted by Crippen LogP contribution is 2.44. The summed E-state index contributed by atoms with van der Waals surface area (Å²) in [5.41, 5.74) is 4.40. The number of aliphatic carboxylic acids is 1.